The molecule has 0 heterocycles. The van der Waals surface area contributed by atoms with Gasteiger partial charge in [0.25, 0.3) is 0 Å². The quantitative estimate of drug-likeness (QED) is 0.442. The maximum Gasteiger partial charge on any atom is 0.141 e. The topological polar surface area (TPSA) is 17.1 Å². The predicted molar refractivity (Wildman–Crippen MR) is 33.9 cm³/mol. The molecule has 1 unspecified atom stereocenters. The van der Waals surface area contributed by atoms with E-state index in [1.54, 1.807) is 0 Å². The van der Waals surface area contributed by atoms with Gasteiger partial charge >= 0.3 is 0 Å². The average Bonchev–Trinajstić information content (AvgIpc) is 2.58. The summed E-state index contributed by atoms with van der Waals surface area (Å²) in [6, 6.07) is 0. The second-order valence-corrected chi connectivity index (χ2v) is 2.71. The molecule has 0 bridgehead atoms. The summed E-state index contributed by atoms with van der Waals surface area (Å²) in [5, 5.41) is 0. The summed E-state index contributed by atoms with van der Waals surface area (Å²) in [6.07, 6.45) is 1.70. The van der Waals surface area contributed by atoms with Gasteiger partial charge in [0.15, 0.2) is 0 Å². The highest BCUT2D eigenvalue weighted by Crippen LogP contribution is 2.37. The molecule has 1 nitrogen and oxygen atoms in total. The molecule has 1 saturated carbocycles. The molecule has 2 rings (SSSR count). The molecule has 1 heteroatoms. The average molecular weight is 120 g/mol. The first-order chi connectivity index (χ1) is 4.29. The van der Waals surface area contributed by atoms with Crippen molar-refractivity contribution in [3.05, 3.63) is 16.9 Å². The van der Waals surface area contributed by atoms with Crippen LogP contribution in [-0.4, -0.2) is 5.78 Å². The van der Waals surface area contributed by atoms with E-state index in [4.69, 9.17) is 0 Å². The van der Waals surface area contributed by atoms with Crippen molar-refractivity contribution in [3.63, 3.8) is 0 Å². The van der Waals surface area contributed by atoms with Crippen molar-refractivity contribution in [1.29, 1.82) is 0 Å². The number of allylic oxidation sites excluding steroid dienone is 1. The van der Waals surface area contributed by atoms with Crippen LogP contribution in [0.5, 0.6) is 0 Å². The molecule has 1 fully saturated rings. The van der Waals surface area contributed by atoms with Crippen molar-refractivity contribution in [3.8, 4) is 0 Å². The molecule has 0 amide bonds. The fourth-order valence-electron chi connectivity index (χ4n) is 1.32. The molecule has 2 aliphatic rings. The Balaban J connectivity index is 2.22. The SMILES string of the molecule is CC1C(=O)CCC2=C=C21. The van der Waals surface area contributed by atoms with Gasteiger partial charge in [0, 0.05) is 23.5 Å². The lowest BCUT2D eigenvalue weighted by Crippen LogP contribution is -2.14. The fraction of sp³-hybridized carbons (Fsp3) is 0.500. The Morgan fingerprint density at radius 1 is 1.56 bits per heavy atom. The first-order valence-electron chi connectivity index (χ1n) is 3.32. The van der Waals surface area contributed by atoms with E-state index in [2.05, 4.69) is 5.73 Å². The zero-order valence-electron chi connectivity index (χ0n) is 5.40. The molecule has 0 N–H and O–H groups in total. The summed E-state index contributed by atoms with van der Waals surface area (Å²) in [4.78, 5) is 11.0. The minimum Gasteiger partial charge on any atom is -0.299 e. The molecule has 0 aromatic carbocycles. The molecule has 0 aliphatic heterocycles. The van der Waals surface area contributed by atoms with Gasteiger partial charge in [-0.25, -0.2) is 0 Å². The van der Waals surface area contributed by atoms with Crippen molar-refractivity contribution in [2.75, 3.05) is 0 Å². The van der Waals surface area contributed by atoms with Gasteiger partial charge in [-0.2, -0.15) is 0 Å². The minimum absolute atomic E-state index is 0.175. The van der Waals surface area contributed by atoms with Crippen LogP contribution in [0.2, 0.25) is 0 Å². The number of carbonyl (C=O) groups excluding carboxylic acids is 1. The number of hydrogen-bond acceptors (Lipinski definition) is 1. The highest BCUT2D eigenvalue weighted by molar-refractivity contribution is 5.88. The predicted octanol–water partition coefficient (Wildman–Crippen LogP) is 1.45. The molecule has 9 heavy (non-hydrogen) atoms. The van der Waals surface area contributed by atoms with Gasteiger partial charge in [-0.1, -0.05) is 6.92 Å². The van der Waals surface area contributed by atoms with Crippen LogP contribution < -0.4 is 0 Å². The Morgan fingerprint density at radius 2 is 2.33 bits per heavy atom. The lowest BCUT2D eigenvalue weighted by atomic mass is 9.90. The second kappa shape index (κ2) is 1.37. The smallest absolute Gasteiger partial charge is 0.141 e. The summed E-state index contributed by atoms with van der Waals surface area (Å²) in [5.41, 5.74) is 5.64. The summed E-state index contributed by atoms with van der Waals surface area (Å²) in [7, 11) is 0. The Hall–Kier alpha value is -0.810. The zero-order chi connectivity index (χ0) is 6.43. The van der Waals surface area contributed by atoms with Crippen LogP contribution in [0.15, 0.2) is 16.9 Å². The number of hydrogen-bond donors (Lipinski definition) is 0. The normalized spacial score (nSPS) is 30.8. The Morgan fingerprint density at radius 3 is 3.00 bits per heavy atom. The highest BCUT2D eigenvalue weighted by atomic mass is 16.1. The van der Waals surface area contributed by atoms with Gasteiger partial charge in [0.1, 0.15) is 5.78 Å². The summed E-state index contributed by atoms with van der Waals surface area (Å²) < 4.78 is 0. The van der Waals surface area contributed by atoms with Crippen molar-refractivity contribution < 1.29 is 4.79 Å². The van der Waals surface area contributed by atoms with E-state index in [9.17, 15) is 4.79 Å². The standard InChI is InChI=1S/C8H8O/c1-5-7-4-6(7)2-3-8(5)9/h5H,2-3H2,1H3. The van der Waals surface area contributed by atoms with E-state index < -0.39 is 0 Å². The molecule has 0 aromatic heterocycles. The van der Waals surface area contributed by atoms with E-state index in [0.29, 0.717) is 5.78 Å². The van der Waals surface area contributed by atoms with Crippen LogP contribution in [-0.2, 0) is 4.79 Å². The molecule has 0 spiro atoms. The van der Waals surface area contributed by atoms with Gasteiger partial charge in [0.05, 0.1) is 0 Å². The molecule has 2 aliphatic carbocycles. The van der Waals surface area contributed by atoms with Gasteiger partial charge in [-0.15, -0.1) is 5.73 Å². The van der Waals surface area contributed by atoms with Gasteiger partial charge < -0.3 is 0 Å². The van der Waals surface area contributed by atoms with Crippen molar-refractivity contribution >= 4 is 5.78 Å². The van der Waals surface area contributed by atoms with Crippen LogP contribution >= 0.6 is 0 Å². The minimum atomic E-state index is 0.175. The number of Topliss-reactive ketones (excluding diaryl/α,β-unsaturated/α-hetero) is 1. The van der Waals surface area contributed by atoms with Crippen molar-refractivity contribution in [1.82, 2.24) is 0 Å². The summed E-state index contributed by atoms with van der Waals surface area (Å²) in [6.45, 7) is 1.97. The van der Waals surface area contributed by atoms with Crippen LogP contribution in [0, 0.1) is 5.92 Å². The Labute approximate surface area is 54.1 Å². The largest absolute Gasteiger partial charge is 0.299 e. The van der Waals surface area contributed by atoms with E-state index in [0.717, 1.165) is 12.8 Å². The van der Waals surface area contributed by atoms with Crippen LogP contribution in [0.1, 0.15) is 19.8 Å². The van der Waals surface area contributed by atoms with Crippen LogP contribution in [0.25, 0.3) is 0 Å². The fourth-order valence-corrected chi connectivity index (χ4v) is 1.32. The lowest BCUT2D eigenvalue weighted by Gasteiger charge is -2.11. The van der Waals surface area contributed by atoms with Gasteiger partial charge in [0.2, 0.25) is 0 Å². The third-order valence-corrected chi connectivity index (χ3v) is 2.09. The lowest BCUT2D eigenvalue weighted by molar-refractivity contribution is -0.121. The van der Waals surface area contributed by atoms with Gasteiger partial charge in [-0.3, -0.25) is 4.79 Å². The first kappa shape index (κ1) is 5.01. The maximum atomic E-state index is 11.0. The van der Waals surface area contributed by atoms with Gasteiger partial charge in [-0.05, 0) is 6.42 Å². The zero-order valence-corrected chi connectivity index (χ0v) is 5.40. The molecule has 46 valence electrons. The van der Waals surface area contributed by atoms with E-state index in [-0.39, 0.29) is 5.92 Å². The summed E-state index contributed by atoms with van der Waals surface area (Å²) in [5.74, 6) is 0.563. The molecule has 1 atom stereocenters. The molecule has 0 saturated heterocycles. The third kappa shape index (κ3) is 0.585. The Bertz CT molecular complexity index is 239. The van der Waals surface area contributed by atoms with E-state index >= 15 is 0 Å². The monoisotopic (exact) mass is 120 g/mol. The maximum absolute atomic E-state index is 11.0. The van der Waals surface area contributed by atoms with Crippen molar-refractivity contribution in [2.24, 2.45) is 5.92 Å². The molecular formula is C8H8O. The number of rotatable bonds is 0. The van der Waals surface area contributed by atoms with E-state index in [1.807, 2.05) is 6.92 Å². The molecule has 0 aromatic rings. The van der Waals surface area contributed by atoms with Crippen LogP contribution in [0.3, 0.4) is 0 Å². The second-order valence-electron chi connectivity index (χ2n) is 2.71. The third-order valence-electron chi connectivity index (χ3n) is 2.09. The van der Waals surface area contributed by atoms with E-state index in [1.165, 1.54) is 11.1 Å². The first-order valence-corrected chi connectivity index (χ1v) is 3.32. The number of fused-ring (bicyclic) bond motifs is 1. The highest BCUT2D eigenvalue weighted by Gasteiger charge is 2.31. The molecule has 0 radical (unpaired) electrons. The van der Waals surface area contributed by atoms with Crippen molar-refractivity contribution in [2.45, 2.75) is 19.8 Å². The van der Waals surface area contributed by atoms with Crippen LogP contribution in [0.4, 0.5) is 0 Å². The summed E-state index contributed by atoms with van der Waals surface area (Å²) >= 11 is 0. The molecular weight excluding hydrogens is 112 g/mol. The Kier molecular flexibility index (Phi) is 0.762. The number of carbonyl (C=O) groups is 1. The number of ketones is 1.